The third kappa shape index (κ3) is 3.13. The molecule has 0 saturated heterocycles. The number of aromatic amines is 1. The van der Waals surface area contributed by atoms with Crippen LogP contribution in [0, 0.1) is 3.57 Å². The zero-order valence-electron chi connectivity index (χ0n) is 9.18. The highest BCUT2D eigenvalue weighted by molar-refractivity contribution is 14.1. The van der Waals surface area contributed by atoms with Crippen LogP contribution in [0.3, 0.4) is 0 Å². The van der Waals surface area contributed by atoms with Gasteiger partial charge in [0.1, 0.15) is 14.9 Å². The van der Waals surface area contributed by atoms with Crippen LogP contribution in [0.2, 0.25) is 0 Å². The first-order chi connectivity index (χ1) is 8.99. The number of H-pyrrole nitrogens is 1. The molecule has 2 rings (SSSR count). The first-order valence-corrected chi connectivity index (χ1v) is 6.80. The van der Waals surface area contributed by atoms with Crippen molar-refractivity contribution in [3.63, 3.8) is 0 Å². The molecule has 0 unspecified atom stereocenters. The minimum atomic E-state index is -1.13. The lowest BCUT2D eigenvalue weighted by Gasteiger charge is -2.08. The van der Waals surface area contributed by atoms with Crippen molar-refractivity contribution in [2.45, 2.75) is 0 Å². The predicted molar refractivity (Wildman–Crippen MR) is 78.8 cm³/mol. The molecule has 0 spiro atoms. The van der Waals surface area contributed by atoms with Crippen molar-refractivity contribution in [1.82, 2.24) is 9.97 Å². The Labute approximate surface area is 129 Å². The van der Waals surface area contributed by atoms with Crippen LogP contribution < -0.4 is 10.3 Å². The largest absolute Gasteiger partial charge is 0.478 e. The molecule has 19 heavy (non-hydrogen) atoms. The molecule has 2 N–H and O–H groups in total. The summed E-state index contributed by atoms with van der Waals surface area (Å²) in [7, 11) is 0. The summed E-state index contributed by atoms with van der Waals surface area (Å²) in [5.74, 6) is -0.947. The van der Waals surface area contributed by atoms with Crippen LogP contribution in [0.25, 0.3) is 0 Å². The van der Waals surface area contributed by atoms with Crippen LogP contribution in [0.5, 0.6) is 11.6 Å². The highest BCUT2D eigenvalue weighted by Gasteiger charge is 2.15. The number of carboxylic acid groups (broad SMARTS) is 1. The lowest BCUT2D eigenvalue weighted by Crippen LogP contribution is -2.12. The molecular weight excluding hydrogens is 431 g/mol. The van der Waals surface area contributed by atoms with Crippen molar-refractivity contribution in [3.05, 3.63) is 48.5 Å². The number of rotatable bonds is 3. The molecule has 0 fully saturated rings. The molecule has 0 aliphatic heterocycles. The summed E-state index contributed by atoms with van der Waals surface area (Å²) in [5, 5.41) is 9.10. The van der Waals surface area contributed by atoms with E-state index in [0.29, 0.717) is 4.47 Å². The van der Waals surface area contributed by atoms with Gasteiger partial charge in [0.15, 0.2) is 0 Å². The summed E-state index contributed by atoms with van der Waals surface area (Å²) in [6, 6.07) is 4.55. The molecule has 1 aromatic carbocycles. The van der Waals surface area contributed by atoms with Crippen molar-refractivity contribution in [2.75, 3.05) is 0 Å². The third-order valence-corrected chi connectivity index (χ3v) is 3.59. The molecule has 0 aliphatic carbocycles. The predicted octanol–water partition coefficient (Wildman–Crippen LogP) is 2.63. The third-order valence-electron chi connectivity index (χ3n) is 2.14. The SMILES string of the molecule is O=C(O)c1cc(Br)ccc1Oc1nc[nH]c(=O)c1I. The van der Waals surface area contributed by atoms with Gasteiger partial charge in [-0.2, -0.15) is 0 Å². The second-order valence-electron chi connectivity index (χ2n) is 3.40. The second kappa shape index (κ2) is 5.70. The maximum Gasteiger partial charge on any atom is 0.339 e. The van der Waals surface area contributed by atoms with Crippen molar-refractivity contribution in [1.29, 1.82) is 0 Å². The zero-order chi connectivity index (χ0) is 14.0. The fraction of sp³-hybridized carbons (Fsp3) is 0. The first-order valence-electron chi connectivity index (χ1n) is 4.93. The van der Waals surface area contributed by atoms with E-state index in [2.05, 4.69) is 25.9 Å². The Bertz CT molecular complexity index is 701. The molecule has 2 aromatic rings. The quantitative estimate of drug-likeness (QED) is 0.721. The molecule has 1 aromatic heterocycles. The number of aromatic carboxylic acids is 1. The van der Waals surface area contributed by atoms with E-state index in [1.807, 2.05) is 0 Å². The van der Waals surface area contributed by atoms with Crippen LogP contribution >= 0.6 is 38.5 Å². The Hall–Kier alpha value is -1.42. The first kappa shape index (κ1) is 14.0. The monoisotopic (exact) mass is 436 g/mol. The van der Waals surface area contributed by atoms with Gasteiger partial charge in [0.2, 0.25) is 5.88 Å². The number of carbonyl (C=O) groups is 1. The number of aromatic nitrogens is 2. The maximum atomic E-state index is 11.4. The molecule has 98 valence electrons. The van der Waals surface area contributed by atoms with E-state index >= 15 is 0 Å². The summed E-state index contributed by atoms with van der Waals surface area (Å²) in [5.41, 5.74) is -0.369. The van der Waals surface area contributed by atoms with Crippen LogP contribution in [0.4, 0.5) is 0 Å². The highest BCUT2D eigenvalue weighted by atomic mass is 127. The lowest BCUT2D eigenvalue weighted by molar-refractivity contribution is 0.0694. The molecule has 0 amide bonds. The lowest BCUT2D eigenvalue weighted by atomic mass is 10.2. The van der Waals surface area contributed by atoms with Gasteiger partial charge in [-0.15, -0.1) is 0 Å². The van der Waals surface area contributed by atoms with E-state index in [1.165, 1.54) is 18.5 Å². The van der Waals surface area contributed by atoms with Crippen molar-refractivity contribution >= 4 is 44.5 Å². The van der Waals surface area contributed by atoms with E-state index in [0.717, 1.165) is 0 Å². The summed E-state index contributed by atoms with van der Waals surface area (Å²) >= 11 is 4.96. The normalized spacial score (nSPS) is 10.2. The van der Waals surface area contributed by atoms with Gasteiger partial charge in [0.25, 0.3) is 5.56 Å². The number of hydrogen-bond donors (Lipinski definition) is 2. The van der Waals surface area contributed by atoms with E-state index in [4.69, 9.17) is 9.84 Å². The standard InChI is InChI=1S/C11H6BrIN2O4/c12-5-1-2-7(6(3-5)11(17)18)19-10-8(13)9(16)14-4-15-10/h1-4H,(H,17,18)(H,14,15,16). The molecule has 8 heteroatoms. The van der Waals surface area contributed by atoms with Crippen molar-refractivity contribution < 1.29 is 14.6 Å². The van der Waals surface area contributed by atoms with Crippen molar-refractivity contribution in [3.8, 4) is 11.6 Å². The van der Waals surface area contributed by atoms with Gasteiger partial charge in [-0.3, -0.25) is 4.79 Å². The molecule has 6 nitrogen and oxygen atoms in total. The Balaban J connectivity index is 2.46. The van der Waals surface area contributed by atoms with Crippen LogP contribution in [0.15, 0.2) is 33.8 Å². The number of carboxylic acids is 1. The molecular formula is C11H6BrIN2O4. The summed E-state index contributed by atoms with van der Waals surface area (Å²) in [6.07, 6.45) is 1.19. The molecule has 0 saturated carbocycles. The van der Waals surface area contributed by atoms with Gasteiger partial charge in [0, 0.05) is 4.47 Å². The van der Waals surface area contributed by atoms with Crippen LogP contribution in [0.1, 0.15) is 10.4 Å². The van der Waals surface area contributed by atoms with E-state index in [9.17, 15) is 9.59 Å². The second-order valence-corrected chi connectivity index (χ2v) is 5.39. The number of halogens is 2. The van der Waals surface area contributed by atoms with Gasteiger partial charge in [-0.1, -0.05) is 15.9 Å². The highest BCUT2D eigenvalue weighted by Crippen LogP contribution is 2.28. The van der Waals surface area contributed by atoms with Gasteiger partial charge in [-0.05, 0) is 40.8 Å². The number of nitrogens with zero attached hydrogens (tertiary/aromatic N) is 1. The number of nitrogens with one attached hydrogen (secondary N) is 1. The molecule has 1 heterocycles. The van der Waals surface area contributed by atoms with E-state index in [1.54, 1.807) is 28.7 Å². The van der Waals surface area contributed by atoms with Gasteiger partial charge < -0.3 is 14.8 Å². The van der Waals surface area contributed by atoms with Gasteiger partial charge in [-0.25, -0.2) is 9.78 Å². The fourth-order valence-corrected chi connectivity index (χ4v) is 2.07. The molecule has 0 bridgehead atoms. The Morgan fingerprint density at radius 2 is 2.21 bits per heavy atom. The minimum Gasteiger partial charge on any atom is -0.478 e. The number of benzene rings is 1. The smallest absolute Gasteiger partial charge is 0.339 e. The Morgan fingerprint density at radius 3 is 2.89 bits per heavy atom. The summed E-state index contributed by atoms with van der Waals surface area (Å²) < 4.78 is 6.26. The summed E-state index contributed by atoms with van der Waals surface area (Å²) in [4.78, 5) is 28.8. The van der Waals surface area contributed by atoms with Gasteiger partial charge >= 0.3 is 5.97 Å². The topological polar surface area (TPSA) is 92.3 Å². The average Bonchev–Trinajstić information content (AvgIpc) is 2.36. The summed E-state index contributed by atoms with van der Waals surface area (Å²) in [6.45, 7) is 0. The number of hydrogen-bond acceptors (Lipinski definition) is 4. The maximum absolute atomic E-state index is 11.4. The van der Waals surface area contributed by atoms with E-state index in [-0.39, 0.29) is 26.3 Å². The average molecular weight is 437 g/mol. The molecule has 0 aliphatic rings. The van der Waals surface area contributed by atoms with Crippen LogP contribution in [-0.2, 0) is 0 Å². The van der Waals surface area contributed by atoms with Gasteiger partial charge in [0.05, 0.1) is 6.33 Å². The Kier molecular flexibility index (Phi) is 4.20. The zero-order valence-corrected chi connectivity index (χ0v) is 12.9. The minimum absolute atomic E-state index is 0.0211. The van der Waals surface area contributed by atoms with E-state index < -0.39 is 5.97 Å². The van der Waals surface area contributed by atoms with Crippen molar-refractivity contribution in [2.24, 2.45) is 0 Å². The number of ether oxygens (including phenoxy) is 1. The molecule has 0 atom stereocenters. The fourth-order valence-electron chi connectivity index (χ4n) is 1.30. The molecule has 0 radical (unpaired) electrons. The van der Waals surface area contributed by atoms with Crippen LogP contribution in [-0.4, -0.2) is 21.0 Å². The Morgan fingerprint density at radius 1 is 1.47 bits per heavy atom.